The van der Waals surface area contributed by atoms with Gasteiger partial charge in [0.25, 0.3) is 10.0 Å². The van der Waals surface area contributed by atoms with Crippen LogP contribution in [0.25, 0.3) is 0 Å². The summed E-state index contributed by atoms with van der Waals surface area (Å²) in [5.41, 5.74) is 0. The molecule has 1 N–H and O–H groups in total. The van der Waals surface area contributed by atoms with Crippen LogP contribution in [0, 0.1) is 6.92 Å². The van der Waals surface area contributed by atoms with Gasteiger partial charge in [-0.05, 0) is 13.8 Å². The van der Waals surface area contributed by atoms with Gasteiger partial charge < -0.3 is 5.32 Å². The lowest BCUT2D eigenvalue weighted by atomic mass is 10.3. The van der Waals surface area contributed by atoms with Crippen LogP contribution < -0.4 is 5.32 Å². The molecule has 17 heavy (non-hydrogen) atoms. The van der Waals surface area contributed by atoms with Gasteiger partial charge in [-0.15, -0.1) is 23.7 Å². The van der Waals surface area contributed by atoms with Gasteiger partial charge in [0.2, 0.25) is 0 Å². The Kier molecular flexibility index (Phi) is 4.91. The van der Waals surface area contributed by atoms with Crippen molar-refractivity contribution in [2.24, 2.45) is 0 Å². The molecule has 1 saturated heterocycles. The Morgan fingerprint density at radius 2 is 2.29 bits per heavy atom. The highest BCUT2D eigenvalue weighted by atomic mass is 35.5. The molecule has 0 spiro atoms. The Labute approximate surface area is 112 Å². The first-order chi connectivity index (χ1) is 7.51. The average molecular weight is 298 g/mol. The number of halogens is 1. The highest BCUT2D eigenvalue weighted by Crippen LogP contribution is 2.24. The second kappa shape index (κ2) is 5.62. The second-order valence-corrected chi connectivity index (χ2v) is 7.22. The zero-order valence-corrected chi connectivity index (χ0v) is 12.2. The quantitative estimate of drug-likeness (QED) is 0.879. The molecule has 1 aromatic heterocycles. The fourth-order valence-electron chi connectivity index (χ4n) is 1.76. The van der Waals surface area contributed by atoms with Crippen LogP contribution in [0.15, 0.2) is 10.4 Å². The lowest BCUT2D eigenvalue weighted by Gasteiger charge is -2.32. The van der Waals surface area contributed by atoms with Crippen molar-refractivity contribution < 1.29 is 8.42 Å². The minimum atomic E-state index is -3.34. The van der Waals surface area contributed by atoms with Crippen LogP contribution in [0.4, 0.5) is 0 Å². The number of sulfonamides is 1. The largest absolute Gasteiger partial charge is 0.314 e. The Balaban J connectivity index is 0.00000144. The number of hydrogen-bond acceptors (Lipinski definition) is 5. The van der Waals surface area contributed by atoms with Crippen LogP contribution in [0.3, 0.4) is 0 Å². The fourth-order valence-corrected chi connectivity index (χ4v) is 4.63. The summed E-state index contributed by atoms with van der Waals surface area (Å²) >= 11 is 1.23. The fraction of sp³-hybridized carbons (Fsp3) is 0.667. The van der Waals surface area contributed by atoms with Crippen LogP contribution in [0.5, 0.6) is 0 Å². The van der Waals surface area contributed by atoms with Crippen molar-refractivity contribution in [3.63, 3.8) is 0 Å². The number of aryl methyl sites for hydroxylation is 1. The molecule has 98 valence electrons. The Morgan fingerprint density at radius 3 is 2.82 bits per heavy atom. The molecule has 0 unspecified atom stereocenters. The SMILES string of the molecule is Cc1ncc(S(=O)(=O)N2CCNC[C@H]2C)s1.Cl. The van der Waals surface area contributed by atoms with Crippen molar-refractivity contribution in [1.82, 2.24) is 14.6 Å². The third kappa shape index (κ3) is 2.97. The van der Waals surface area contributed by atoms with E-state index >= 15 is 0 Å². The van der Waals surface area contributed by atoms with Crippen molar-refractivity contribution in [3.05, 3.63) is 11.2 Å². The molecule has 1 aromatic rings. The van der Waals surface area contributed by atoms with E-state index < -0.39 is 10.0 Å². The van der Waals surface area contributed by atoms with Crippen LogP contribution >= 0.6 is 23.7 Å². The van der Waals surface area contributed by atoms with Crippen molar-refractivity contribution in [2.45, 2.75) is 24.1 Å². The summed E-state index contributed by atoms with van der Waals surface area (Å²) in [5, 5.41) is 3.95. The Bertz CT molecular complexity index is 474. The topological polar surface area (TPSA) is 62.3 Å². The van der Waals surface area contributed by atoms with Gasteiger partial charge in [0, 0.05) is 25.7 Å². The van der Waals surface area contributed by atoms with E-state index in [0.717, 1.165) is 5.01 Å². The molecule has 2 rings (SSSR count). The molecule has 8 heteroatoms. The first-order valence-corrected chi connectivity index (χ1v) is 7.42. The van der Waals surface area contributed by atoms with Gasteiger partial charge in [0.1, 0.15) is 0 Å². The van der Waals surface area contributed by atoms with Gasteiger partial charge >= 0.3 is 0 Å². The van der Waals surface area contributed by atoms with Crippen LogP contribution in [0.1, 0.15) is 11.9 Å². The molecule has 0 aromatic carbocycles. The molecule has 0 saturated carbocycles. The van der Waals surface area contributed by atoms with Crippen molar-refractivity contribution in [1.29, 1.82) is 0 Å². The van der Waals surface area contributed by atoms with Crippen molar-refractivity contribution >= 4 is 33.8 Å². The summed E-state index contributed by atoms with van der Waals surface area (Å²) in [7, 11) is -3.34. The molecule has 2 heterocycles. The van der Waals surface area contributed by atoms with Gasteiger partial charge in [0.05, 0.1) is 11.2 Å². The lowest BCUT2D eigenvalue weighted by Crippen LogP contribution is -2.51. The molecule has 0 amide bonds. The zero-order chi connectivity index (χ0) is 11.8. The van der Waals surface area contributed by atoms with Gasteiger partial charge in [-0.2, -0.15) is 4.31 Å². The molecule has 0 radical (unpaired) electrons. The molecule has 1 aliphatic rings. The summed E-state index contributed by atoms with van der Waals surface area (Å²) in [4.78, 5) is 4.00. The first-order valence-electron chi connectivity index (χ1n) is 5.17. The van der Waals surface area contributed by atoms with E-state index in [1.165, 1.54) is 17.5 Å². The van der Waals surface area contributed by atoms with Crippen LogP contribution in [-0.4, -0.2) is 43.4 Å². The van der Waals surface area contributed by atoms with Gasteiger partial charge in [-0.25, -0.2) is 13.4 Å². The summed E-state index contributed by atoms with van der Waals surface area (Å²) in [6.07, 6.45) is 1.45. The highest BCUT2D eigenvalue weighted by molar-refractivity contribution is 7.91. The zero-order valence-electron chi connectivity index (χ0n) is 9.71. The van der Waals surface area contributed by atoms with E-state index in [4.69, 9.17) is 0 Å². The number of rotatable bonds is 2. The molecule has 1 aliphatic heterocycles. The van der Waals surface area contributed by atoms with Crippen molar-refractivity contribution in [2.75, 3.05) is 19.6 Å². The maximum atomic E-state index is 12.3. The lowest BCUT2D eigenvalue weighted by molar-refractivity contribution is 0.284. The number of thiazole rings is 1. The summed E-state index contributed by atoms with van der Waals surface area (Å²) in [6, 6.07) is 0.00107. The third-order valence-corrected chi connectivity index (χ3v) is 5.97. The number of nitrogens with zero attached hydrogens (tertiary/aromatic N) is 2. The second-order valence-electron chi connectivity index (χ2n) is 3.87. The molecular formula is C9H16ClN3O2S2. The van der Waals surface area contributed by atoms with E-state index in [1.54, 1.807) is 4.31 Å². The van der Waals surface area contributed by atoms with E-state index in [0.29, 0.717) is 23.8 Å². The molecule has 5 nitrogen and oxygen atoms in total. The Morgan fingerprint density at radius 1 is 1.59 bits per heavy atom. The predicted octanol–water partition coefficient (Wildman–Crippen LogP) is 0.856. The molecule has 0 aliphatic carbocycles. The first kappa shape index (κ1) is 14.8. The number of nitrogens with one attached hydrogen (secondary N) is 1. The van der Waals surface area contributed by atoms with Crippen molar-refractivity contribution in [3.8, 4) is 0 Å². The number of aromatic nitrogens is 1. The smallest absolute Gasteiger partial charge is 0.254 e. The monoisotopic (exact) mass is 297 g/mol. The summed E-state index contributed by atoms with van der Waals surface area (Å²) in [5.74, 6) is 0. The van der Waals surface area contributed by atoms with Gasteiger partial charge in [0.15, 0.2) is 4.21 Å². The van der Waals surface area contributed by atoms with Crippen LogP contribution in [-0.2, 0) is 10.0 Å². The van der Waals surface area contributed by atoms with E-state index in [2.05, 4.69) is 10.3 Å². The van der Waals surface area contributed by atoms with Crippen LogP contribution in [0.2, 0.25) is 0 Å². The summed E-state index contributed by atoms with van der Waals surface area (Å²) < 4.78 is 26.5. The number of piperazine rings is 1. The van der Waals surface area contributed by atoms with Gasteiger partial charge in [-0.3, -0.25) is 0 Å². The standard InChI is InChI=1S/C9H15N3O2S2.ClH/c1-7-5-10-3-4-12(7)16(13,14)9-6-11-8(2)15-9;/h6-7,10H,3-5H2,1-2H3;1H/t7-;/m1./s1. The molecule has 1 fully saturated rings. The van der Waals surface area contributed by atoms with E-state index in [1.807, 2.05) is 13.8 Å². The van der Waals surface area contributed by atoms with E-state index in [9.17, 15) is 8.42 Å². The minimum Gasteiger partial charge on any atom is -0.314 e. The maximum Gasteiger partial charge on any atom is 0.254 e. The predicted molar refractivity (Wildman–Crippen MR) is 70.3 cm³/mol. The normalized spacial score (nSPS) is 22.1. The maximum absolute atomic E-state index is 12.3. The Hall–Kier alpha value is -0.210. The summed E-state index contributed by atoms with van der Waals surface area (Å²) in [6.45, 7) is 5.67. The molecule has 0 bridgehead atoms. The third-order valence-electron chi connectivity index (χ3n) is 2.60. The molecule has 1 atom stereocenters. The number of hydrogen-bond donors (Lipinski definition) is 1. The van der Waals surface area contributed by atoms with Gasteiger partial charge in [-0.1, -0.05) is 0 Å². The average Bonchev–Trinajstić information content (AvgIpc) is 2.66. The molecular weight excluding hydrogens is 282 g/mol. The minimum absolute atomic E-state index is 0. The van der Waals surface area contributed by atoms with E-state index in [-0.39, 0.29) is 18.4 Å². The highest BCUT2D eigenvalue weighted by Gasteiger charge is 2.32.